The van der Waals surface area contributed by atoms with E-state index in [2.05, 4.69) is 26.6 Å². The molecule has 0 saturated carbocycles. The van der Waals surface area contributed by atoms with E-state index >= 15 is 0 Å². The first kappa shape index (κ1) is 29.7. The predicted octanol–water partition coefficient (Wildman–Crippen LogP) is 0.677. The van der Waals surface area contributed by atoms with E-state index in [-0.39, 0.29) is 23.7 Å². The Morgan fingerprint density at radius 3 is 2.11 bits per heavy atom. The van der Waals surface area contributed by atoms with Gasteiger partial charge in [0.2, 0.25) is 17.7 Å². The number of hydrogen-bond acceptors (Lipinski definition) is 5. The molecule has 0 aromatic rings. The zero-order valence-corrected chi connectivity index (χ0v) is 21.3. The van der Waals surface area contributed by atoms with Crippen LogP contribution in [0.5, 0.6) is 0 Å². The highest BCUT2D eigenvalue weighted by Gasteiger charge is 2.30. The summed E-state index contributed by atoms with van der Waals surface area (Å²) in [4.78, 5) is 61.7. The first-order valence-corrected chi connectivity index (χ1v) is 11.9. The molecule has 1 heterocycles. The topological polar surface area (TPSA) is 166 Å². The molecular weight excluding hydrogens is 454 g/mol. The lowest BCUT2D eigenvalue weighted by atomic mass is 10.0. The summed E-state index contributed by atoms with van der Waals surface area (Å²) in [6.45, 7) is 10.9. The van der Waals surface area contributed by atoms with Gasteiger partial charge < -0.3 is 31.7 Å². The van der Waals surface area contributed by atoms with Gasteiger partial charge in [0.1, 0.15) is 18.1 Å². The van der Waals surface area contributed by atoms with Crippen LogP contribution in [0.15, 0.2) is 24.3 Å². The Hall–Kier alpha value is -3.37. The molecule has 35 heavy (non-hydrogen) atoms. The SMILES string of the molecule is CC(C)[C@H]1/C=C/C(=O)NCC/C=C\C(NC(=O)[C@H](NC(=O)N[C@@H](C(=O)O)C(C)C)C(C)C)C(=O)N1. The van der Waals surface area contributed by atoms with Crippen LogP contribution in [0.2, 0.25) is 0 Å². The van der Waals surface area contributed by atoms with E-state index < -0.39 is 48.0 Å². The summed E-state index contributed by atoms with van der Waals surface area (Å²) in [5.41, 5.74) is 0. The first-order valence-electron chi connectivity index (χ1n) is 11.9. The van der Waals surface area contributed by atoms with Crippen molar-refractivity contribution in [1.82, 2.24) is 26.6 Å². The number of rotatable bonds is 8. The van der Waals surface area contributed by atoms with Crippen molar-refractivity contribution in [2.75, 3.05) is 6.54 Å². The molecule has 1 rings (SSSR count). The lowest BCUT2D eigenvalue weighted by Crippen LogP contribution is -2.58. The Labute approximate surface area is 206 Å². The molecular formula is C24H39N5O6. The molecule has 0 fully saturated rings. The van der Waals surface area contributed by atoms with Crippen molar-refractivity contribution in [3.63, 3.8) is 0 Å². The van der Waals surface area contributed by atoms with Crippen LogP contribution in [-0.2, 0) is 19.2 Å². The minimum atomic E-state index is -1.18. The number of aliphatic carboxylic acids is 1. The molecule has 1 aliphatic rings. The van der Waals surface area contributed by atoms with Crippen LogP contribution >= 0.6 is 0 Å². The van der Waals surface area contributed by atoms with E-state index in [4.69, 9.17) is 0 Å². The van der Waals surface area contributed by atoms with Crippen molar-refractivity contribution in [2.45, 2.75) is 72.1 Å². The number of carbonyl (C=O) groups is 5. The highest BCUT2D eigenvalue weighted by Crippen LogP contribution is 2.08. The zero-order chi connectivity index (χ0) is 26.7. The van der Waals surface area contributed by atoms with Gasteiger partial charge in [-0.25, -0.2) is 9.59 Å². The molecule has 1 unspecified atom stereocenters. The Morgan fingerprint density at radius 2 is 1.57 bits per heavy atom. The van der Waals surface area contributed by atoms with Crippen molar-refractivity contribution in [3.8, 4) is 0 Å². The molecule has 0 radical (unpaired) electrons. The van der Waals surface area contributed by atoms with Gasteiger partial charge in [0.25, 0.3) is 0 Å². The maximum Gasteiger partial charge on any atom is 0.326 e. The summed E-state index contributed by atoms with van der Waals surface area (Å²) in [5, 5.41) is 22.4. The van der Waals surface area contributed by atoms with Crippen LogP contribution in [0, 0.1) is 17.8 Å². The third-order valence-corrected chi connectivity index (χ3v) is 5.46. The van der Waals surface area contributed by atoms with Crippen LogP contribution < -0.4 is 26.6 Å². The highest BCUT2D eigenvalue weighted by atomic mass is 16.4. The van der Waals surface area contributed by atoms with Crippen molar-refractivity contribution >= 4 is 29.7 Å². The summed E-state index contributed by atoms with van der Waals surface area (Å²) < 4.78 is 0. The van der Waals surface area contributed by atoms with E-state index in [1.807, 2.05) is 13.8 Å². The maximum atomic E-state index is 13.1. The number of nitrogens with one attached hydrogen (secondary N) is 5. The monoisotopic (exact) mass is 493 g/mol. The van der Waals surface area contributed by atoms with Crippen LogP contribution in [-0.4, -0.2) is 65.5 Å². The van der Waals surface area contributed by atoms with Crippen molar-refractivity contribution in [1.29, 1.82) is 0 Å². The number of hydrogen-bond donors (Lipinski definition) is 6. The van der Waals surface area contributed by atoms with E-state index in [0.717, 1.165) is 0 Å². The standard InChI is InChI=1S/C24H39N5O6/c1-13(2)16-10-11-18(30)25-12-8-7-9-17(21(31)26-16)27-22(32)19(14(3)4)28-24(35)29-20(15(5)6)23(33)34/h7,9-11,13-17,19-20H,8,12H2,1-6H3,(H,25,30)(H,26,31)(H,27,32)(H,33,34)(H2,28,29,35)/b9-7-,11-10+/t16-,17?,19-,20-/m1/s1. The molecule has 0 bridgehead atoms. The van der Waals surface area contributed by atoms with Gasteiger partial charge in [0.05, 0.1) is 0 Å². The van der Waals surface area contributed by atoms with E-state index in [1.54, 1.807) is 45.9 Å². The number of amides is 5. The van der Waals surface area contributed by atoms with Crippen LogP contribution in [0.1, 0.15) is 48.0 Å². The summed E-state index contributed by atoms with van der Waals surface area (Å²) >= 11 is 0. The highest BCUT2D eigenvalue weighted by molar-refractivity contribution is 5.94. The average molecular weight is 494 g/mol. The van der Waals surface area contributed by atoms with Crippen molar-refractivity contribution < 1.29 is 29.1 Å². The van der Waals surface area contributed by atoms with Gasteiger partial charge in [-0.3, -0.25) is 14.4 Å². The molecule has 0 saturated heterocycles. The zero-order valence-electron chi connectivity index (χ0n) is 21.3. The van der Waals surface area contributed by atoms with Crippen LogP contribution in [0.4, 0.5) is 4.79 Å². The van der Waals surface area contributed by atoms with E-state index in [0.29, 0.717) is 13.0 Å². The predicted molar refractivity (Wildman–Crippen MR) is 131 cm³/mol. The Morgan fingerprint density at radius 1 is 0.971 bits per heavy atom. The number of carboxylic acids is 1. The molecule has 5 amide bonds. The Balaban J connectivity index is 3.01. The molecule has 11 heteroatoms. The summed E-state index contributed by atoms with van der Waals surface area (Å²) in [6.07, 6.45) is 6.66. The van der Waals surface area contributed by atoms with Gasteiger partial charge in [-0.1, -0.05) is 59.8 Å². The summed E-state index contributed by atoms with van der Waals surface area (Å²) in [5.74, 6) is -3.20. The fourth-order valence-corrected chi connectivity index (χ4v) is 3.27. The molecule has 11 nitrogen and oxygen atoms in total. The maximum absolute atomic E-state index is 13.1. The lowest BCUT2D eigenvalue weighted by molar-refractivity contribution is -0.140. The van der Waals surface area contributed by atoms with Crippen molar-refractivity contribution in [2.24, 2.45) is 17.8 Å². The molecule has 0 spiro atoms. The average Bonchev–Trinajstić information content (AvgIpc) is 2.75. The van der Waals surface area contributed by atoms with Gasteiger partial charge in [0.15, 0.2) is 0 Å². The second kappa shape index (κ2) is 14.1. The molecule has 6 N–H and O–H groups in total. The third-order valence-electron chi connectivity index (χ3n) is 5.46. The van der Waals surface area contributed by atoms with E-state index in [1.165, 1.54) is 6.08 Å². The van der Waals surface area contributed by atoms with Gasteiger partial charge in [0, 0.05) is 18.7 Å². The summed E-state index contributed by atoms with van der Waals surface area (Å²) in [7, 11) is 0. The van der Waals surface area contributed by atoms with Gasteiger partial charge >= 0.3 is 12.0 Å². The smallest absolute Gasteiger partial charge is 0.326 e. The normalized spacial score (nSPS) is 22.7. The molecule has 4 atom stereocenters. The Kier molecular flexibility index (Phi) is 12.0. The summed E-state index contributed by atoms with van der Waals surface area (Å²) in [6, 6.07) is -4.37. The first-order chi connectivity index (χ1) is 16.3. The van der Waals surface area contributed by atoms with Gasteiger partial charge in [-0.2, -0.15) is 0 Å². The van der Waals surface area contributed by atoms with Gasteiger partial charge in [-0.15, -0.1) is 0 Å². The van der Waals surface area contributed by atoms with Gasteiger partial charge in [-0.05, 0) is 24.2 Å². The fraction of sp³-hybridized carbons (Fsp3) is 0.625. The second-order valence-electron chi connectivity index (χ2n) is 9.53. The quantitative estimate of drug-likeness (QED) is 0.272. The molecule has 196 valence electrons. The largest absolute Gasteiger partial charge is 0.480 e. The minimum absolute atomic E-state index is 0.0109. The molecule has 0 aromatic carbocycles. The fourth-order valence-electron chi connectivity index (χ4n) is 3.27. The molecule has 1 aliphatic heterocycles. The molecule has 0 aliphatic carbocycles. The minimum Gasteiger partial charge on any atom is -0.480 e. The number of carboxylic acid groups (broad SMARTS) is 1. The third kappa shape index (κ3) is 10.2. The van der Waals surface area contributed by atoms with Crippen molar-refractivity contribution in [3.05, 3.63) is 24.3 Å². The Bertz CT molecular complexity index is 836. The number of carbonyl (C=O) groups excluding carboxylic acids is 4. The number of urea groups is 1. The van der Waals surface area contributed by atoms with Crippen LogP contribution in [0.25, 0.3) is 0 Å². The van der Waals surface area contributed by atoms with E-state index in [9.17, 15) is 29.1 Å². The second-order valence-corrected chi connectivity index (χ2v) is 9.53. The lowest BCUT2D eigenvalue weighted by Gasteiger charge is -2.27. The molecule has 0 aromatic heterocycles. The van der Waals surface area contributed by atoms with Crippen LogP contribution in [0.3, 0.4) is 0 Å².